The van der Waals surface area contributed by atoms with Crippen molar-refractivity contribution in [1.29, 1.82) is 0 Å². The standard InChI is InChI=1S/C18H24F3NO/c1-14(18(19,20)21)23-16-7-5-15(6-8-16)22-12-11-17(13-22)9-3-2-4-10-17/h5-8,14H,2-4,9-13H2,1H3/t14-/m1/s1. The Kier molecular flexibility index (Phi) is 4.47. The highest BCUT2D eigenvalue weighted by Crippen LogP contribution is 2.44. The van der Waals surface area contributed by atoms with Crippen LogP contribution in [0.3, 0.4) is 0 Å². The Morgan fingerprint density at radius 3 is 2.30 bits per heavy atom. The molecule has 0 unspecified atom stereocenters. The molecule has 23 heavy (non-hydrogen) atoms. The molecule has 1 aromatic rings. The average molecular weight is 327 g/mol. The quantitative estimate of drug-likeness (QED) is 0.759. The largest absolute Gasteiger partial charge is 0.481 e. The highest BCUT2D eigenvalue weighted by molar-refractivity contribution is 5.50. The predicted molar refractivity (Wildman–Crippen MR) is 84.9 cm³/mol. The van der Waals surface area contributed by atoms with Gasteiger partial charge >= 0.3 is 6.18 Å². The molecule has 1 heterocycles. The summed E-state index contributed by atoms with van der Waals surface area (Å²) in [5.41, 5.74) is 1.55. The van der Waals surface area contributed by atoms with E-state index in [-0.39, 0.29) is 5.75 Å². The number of ether oxygens (including phenoxy) is 1. The number of halogens is 3. The number of alkyl halides is 3. The summed E-state index contributed by atoms with van der Waals surface area (Å²) >= 11 is 0. The van der Waals surface area contributed by atoms with E-state index in [0.717, 1.165) is 25.7 Å². The van der Waals surface area contributed by atoms with Crippen molar-refractivity contribution >= 4 is 5.69 Å². The first-order valence-electron chi connectivity index (χ1n) is 8.46. The lowest BCUT2D eigenvalue weighted by Crippen LogP contribution is -2.31. The third kappa shape index (κ3) is 3.75. The fraction of sp³-hybridized carbons (Fsp3) is 0.667. The molecule has 0 aromatic heterocycles. The molecule has 128 valence electrons. The van der Waals surface area contributed by atoms with Crippen LogP contribution in [0.5, 0.6) is 5.75 Å². The van der Waals surface area contributed by atoms with E-state index in [4.69, 9.17) is 4.74 Å². The van der Waals surface area contributed by atoms with Crippen LogP contribution in [0.4, 0.5) is 18.9 Å². The van der Waals surface area contributed by atoms with Gasteiger partial charge in [0.25, 0.3) is 0 Å². The molecule has 0 N–H and O–H groups in total. The van der Waals surface area contributed by atoms with E-state index in [0.29, 0.717) is 5.41 Å². The molecule has 1 aliphatic carbocycles. The minimum atomic E-state index is -4.33. The molecule has 1 saturated heterocycles. The second-order valence-electron chi connectivity index (χ2n) is 7.03. The zero-order chi connectivity index (χ0) is 16.5. The topological polar surface area (TPSA) is 12.5 Å². The van der Waals surface area contributed by atoms with Gasteiger partial charge in [0.1, 0.15) is 5.75 Å². The normalized spacial score (nSPS) is 22.3. The molecule has 2 aliphatic rings. The Bertz CT molecular complexity index is 520. The van der Waals surface area contributed by atoms with E-state index in [1.165, 1.54) is 38.5 Å². The summed E-state index contributed by atoms with van der Waals surface area (Å²) in [4.78, 5) is 2.36. The van der Waals surface area contributed by atoms with Crippen LogP contribution < -0.4 is 9.64 Å². The van der Waals surface area contributed by atoms with Crippen molar-refractivity contribution in [3.05, 3.63) is 24.3 Å². The van der Waals surface area contributed by atoms with Crippen molar-refractivity contribution in [2.24, 2.45) is 5.41 Å². The fourth-order valence-electron chi connectivity index (χ4n) is 3.87. The monoisotopic (exact) mass is 327 g/mol. The van der Waals surface area contributed by atoms with Crippen LogP contribution in [0.1, 0.15) is 45.4 Å². The molecule has 1 saturated carbocycles. The van der Waals surface area contributed by atoms with Crippen molar-refractivity contribution in [2.45, 2.75) is 57.7 Å². The summed E-state index contributed by atoms with van der Waals surface area (Å²) < 4.78 is 42.5. The van der Waals surface area contributed by atoms with Gasteiger partial charge in [-0.3, -0.25) is 0 Å². The lowest BCUT2D eigenvalue weighted by atomic mass is 9.73. The Morgan fingerprint density at radius 2 is 1.70 bits per heavy atom. The zero-order valence-electron chi connectivity index (χ0n) is 13.5. The lowest BCUT2D eigenvalue weighted by molar-refractivity contribution is -0.189. The van der Waals surface area contributed by atoms with Gasteiger partial charge in [-0.15, -0.1) is 0 Å². The van der Waals surface area contributed by atoms with E-state index < -0.39 is 12.3 Å². The Hall–Kier alpha value is -1.39. The van der Waals surface area contributed by atoms with Crippen molar-refractivity contribution in [1.82, 2.24) is 0 Å². The fourth-order valence-corrected chi connectivity index (χ4v) is 3.87. The van der Waals surface area contributed by atoms with Crippen LogP contribution in [0.15, 0.2) is 24.3 Å². The highest BCUT2D eigenvalue weighted by atomic mass is 19.4. The molecule has 2 fully saturated rings. The summed E-state index contributed by atoms with van der Waals surface area (Å²) in [5.74, 6) is 0.269. The summed E-state index contributed by atoms with van der Waals surface area (Å²) in [5, 5.41) is 0. The Labute approximate surface area is 135 Å². The van der Waals surface area contributed by atoms with Crippen LogP contribution >= 0.6 is 0 Å². The van der Waals surface area contributed by atoms with E-state index >= 15 is 0 Å². The van der Waals surface area contributed by atoms with Gasteiger partial charge in [-0.2, -0.15) is 13.2 Å². The Balaban J connectivity index is 1.62. The maximum Gasteiger partial charge on any atom is 0.425 e. The van der Waals surface area contributed by atoms with Crippen LogP contribution in [-0.4, -0.2) is 25.4 Å². The second-order valence-corrected chi connectivity index (χ2v) is 7.03. The van der Waals surface area contributed by atoms with Crippen LogP contribution in [0, 0.1) is 5.41 Å². The molecule has 0 bridgehead atoms. The highest BCUT2D eigenvalue weighted by Gasteiger charge is 2.39. The molecule has 5 heteroatoms. The summed E-state index contributed by atoms with van der Waals surface area (Å²) in [6.45, 7) is 3.15. The molecular formula is C18H24F3NO. The first kappa shape index (κ1) is 16.5. The predicted octanol–water partition coefficient (Wildman–Crippen LogP) is 5.18. The van der Waals surface area contributed by atoms with Gasteiger partial charge in [-0.25, -0.2) is 0 Å². The van der Waals surface area contributed by atoms with Crippen LogP contribution in [-0.2, 0) is 0 Å². The summed E-state index contributed by atoms with van der Waals surface area (Å²) in [7, 11) is 0. The van der Waals surface area contributed by atoms with Gasteiger partial charge in [0, 0.05) is 18.8 Å². The first-order valence-corrected chi connectivity index (χ1v) is 8.46. The van der Waals surface area contributed by atoms with E-state index in [2.05, 4.69) is 4.90 Å². The van der Waals surface area contributed by atoms with Gasteiger partial charge in [0.15, 0.2) is 6.10 Å². The van der Waals surface area contributed by atoms with Gasteiger partial charge in [0.2, 0.25) is 0 Å². The third-order valence-electron chi connectivity index (χ3n) is 5.33. The number of anilines is 1. The van der Waals surface area contributed by atoms with Gasteiger partial charge in [-0.1, -0.05) is 19.3 Å². The summed E-state index contributed by atoms with van der Waals surface area (Å²) in [6.07, 6.45) is 1.75. The Morgan fingerprint density at radius 1 is 1.04 bits per heavy atom. The van der Waals surface area contributed by atoms with Crippen molar-refractivity contribution < 1.29 is 17.9 Å². The molecule has 1 spiro atoms. The van der Waals surface area contributed by atoms with E-state index in [1.807, 2.05) is 12.1 Å². The van der Waals surface area contributed by atoms with Crippen molar-refractivity contribution in [3.63, 3.8) is 0 Å². The minimum absolute atomic E-state index is 0.269. The van der Waals surface area contributed by atoms with Crippen LogP contribution in [0.25, 0.3) is 0 Å². The van der Waals surface area contributed by atoms with Crippen LogP contribution in [0.2, 0.25) is 0 Å². The average Bonchev–Trinajstić information content (AvgIpc) is 2.91. The number of hydrogen-bond acceptors (Lipinski definition) is 2. The molecule has 0 radical (unpaired) electrons. The SMILES string of the molecule is C[C@@H](Oc1ccc(N2CCC3(CCCCC3)C2)cc1)C(F)(F)F. The van der Waals surface area contributed by atoms with Gasteiger partial charge in [0.05, 0.1) is 0 Å². The lowest BCUT2D eigenvalue weighted by Gasteiger charge is -2.33. The van der Waals surface area contributed by atoms with Crippen molar-refractivity contribution in [3.8, 4) is 5.75 Å². The number of rotatable bonds is 3. The minimum Gasteiger partial charge on any atom is -0.481 e. The second kappa shape index (κ2) is 6.25. The van der Waals surface area contributed by atoms with Crippen molar-refractivity contribution in [2.75, 3.05) is 18.0 Å². The molecule has 3 rings (SSSR count). The van der Waals surface area contributed by atoms with E-state index in [1.54, 1.807) is 12.1 Å². The molecule has 1 atom stereocenters. The molecule has 2 nitrogen and oxygen atoms in total. The van der Waals surface area contributed by atoms with Gasteiger partial charge < -0.3 is 9.64 Å². The number of benzene rings is 1. The zero-order valence-corrected chi connectivity index (χ0v) is 13.5. The smallest absolute Gasteiger partial charge is 0.425 e. The maximum atomic E-state index is 12.5. The molecular weight excluding hydrogens is 303 g/mol. The summed E-state index contributed by atoms with van der Waals surface area (Å²) in [6, 6.07) is 7.04. The third-order valence-corrected chi connectivity index (χ3v) is 5.33. The molecule has 1 aromatic carbocycles. The molecule has 0 amide bonds. The molecule has 1 aliphatic heterocycles. The maximum absolute atomic E-state index is 12.5. The number of nitrogens with zero attached hydrogens (tertiary/aromatic N) is 1. The number of hydrogen-bond donors (Lipinski definition) is 0. The van der Waals surface area contributed by atoms with E-state index in [9.17, 15) is 13.2 Å². The van der Waals surface area contributed by atoms with Gasteiger partial charge in [-0.05, 0) is 55.9 Å². The first-order chi connectivity index (χ1) is 10.9.